The monoisotopic (exact) mass is 1290 g/mol. The summed E-state index contributed by atoms with van der Waals surface area (Å²) in [6.07, 6.45) is 51.1. The number of allylic oxidation sites excluding steroid dienone is 4. The fourth-order valence-electron chi connectivity index (χ4n) is 9.89. The van der Waals surface area contributed by atoms with Gasteiger partial charge in [-0.05, 0) is 57.3 Å². The highest BCUT2D eigenvalue weighted by atomic mass is 31.2. The van der Waals surface area contributed by atoms with E-state index in [1.165, 1.54) is 128 Å². The molecule has 6 atom stereocenters. The van der Waals surface area contributed by atoms with Gasteiger partial charge in [0.1, 0.15) is 19.3 Å². The highest BCUT2D eigenvalue weighted by Gasteiger charge is 2.30. The summed E-state index contributed by atoms with van der Waals surface area (Å²) in [5.74, 6) is -1.40. The van der Waals surface area contributed by atoms with Crippen molar-refractivity contribution in [1.29, 1.82) is 0 Å². The summed E-state index contributed by atoms with van der Waals surface area (Å²) in [6.45, 7) is 7.08. The summed E-state index contributed by atoms with van der Waals surface area (Å²) < 4.78 is 68.0. The lowest BCUT2D eigenvalue weighted by Crippen LogP contribution is -2.30. The minimum absolute atomic E-state index is 0.101. The molecule has 19 heteroatoms. The number of esters is 4. The van der Waals surface area contributed by atoms with Crippen molar-refractivity contribution < 1.29 is 80.2 Å². The van der Waals surface area contributed by atoms with Gasteiger partial charge in [-0.3, -0.25) is 37.3 Å². The molecule has 0 aliphatic heterocycles. The summed E-state index contributed by atoms with van der Waals surface area (Å²) in [6, 6.07) is 0. The van der Waals surface area contributed by atoms with Crippen LogP contribution in [0.4, 0.5) is 0 Å². The molecule has 0 saturated carbocycles. The maximum Gasteiger partial charge on any atom is 0.472 e. The van der Waals surface area contributed by atoms with Crippen molar-refractivity contribution in [2.24, 2.45) is 5.92 Å². The van der Waals surface area contributed by atoms with Crippen LogP contribution >= 0.6 is 15.6 Å². The molecule has 17 nitrogen and oxygen atoms in total. The molecule has 3 unspecified atom stereocenters. The van der Waals surface area contributed by atoms with Crippen LogP contribution in [-0.4, -0.2) is 96.7 Å². The second kappa shape index (κ2) is 62.0. The molecule has 518 valence electrons. The van der Waals surface area contributed by atoms with E-state index in [0.29, 0.717) is 25.7 Å². The van der Waals surface area contributed by atoms with Gasteiger partial charge in [-0.15, -0.1) is 0 Å². The number of phosphoric ester groups is 2. The van der Waals surface area contributed by atoms with Gasteiger partial charge in [-0.1, -0.05) is 277 Å². The van der Waals surface area contributed by atoms with Gasteiger partial charge in [0.05, 0.1) is 26.4 Å². The van der Waals surface area contributed by atoms with E-state index in [4.69, 9.17) is 37.0 Å². The molecule has 0 aliphatic rings. The zero-order valence-corrected chi connectivity index (χ0v) is 58.1. The summed E-state index contributed by atoms with van der Waals surface area (Å²) >= 11 is 0. The van der Waals surface area contributed by atoms with Crippen LogP contribution in [0.25, 0.3) is 0 Å². The molecular formula is C69H130O17P2. The number of unbranched alkanes of at least 4 members (excludes halogenated alkanes) is 35. The Hall–Kier alpha value is -2.46. The van der Waals surface area contributed by atoms with Crippen molar-refractivity contribution in [1.82, 2.24) is 0 Å². The quantitative estimate of drug-likeness (QED) is 0.0169. The Morgan fingerprint density at radius 3 is 0.966 bits per heavy atom. The predicted molar refractivity (Wildman–Crippen MR) is 354 cm³/mol. The molecule has 0 aromatic carbocycles. The first-order chi connectivity index (χ1) is 42.6. The van der Waals surface area contributed by atoms with Crippen LogP contribution in [0.5, 0.6) is 0 Å². The summed E-state index contributed by atoms with van der Waals surface area (Å²) in [5.41, 5.74) is 0. The van der Waals surface area contributed by atoms with E-state index in [-0.39, 0.29) is 25.7 Å². The van der Waals surface area contributed by atoms with Gasteiger partial charge in [0.2, 0.25) is 0 Å². The third kappa shape index (κ3) is 61.1. The van der Waals surface area contributed by atoms with Crippen molar-refractivity contribution in [3.05, 3.63) is 24.3 Å². The standard InChI is InChI=1S/C69H130O17P2/c1-6-10-13-16-18-20-22-24-26-28-30-32-34-39-44-49-54-68(73)86-65(59-80-67(72)53-48-43-38-33-31-29-27-25-23-21-19-17-14-11-7-2)61-84-88(77,78)82-57-63(70)56-81-87(75,76)83-60-64(58-79-66(71)52-47-41-15-12-8-3)85-69(74)55-50-45-40-36-35-37-42-46-51-62(5)9-4/h21,23,25,27,62-65,70H,6-20,22,24,26,28-61H2,1-5H3,(H,75,76)(H,77,78)/b23-21-,27-25-/t62?,63-,64+,65+/m0/s1. The number of carbonyl (C=O) groups excluding carboxylic acids is 4. The van der Waals surface area contributed by atoms with Crippen molar-refractivity contribution in [3.8, 4) is 0 Å². The van der Waals surface area contributed by atoms with E-state index < -0.39 is 97.5 Å². The molecule has 0 fully saturated rings. The Balaban J connectivity index is 5.21. The van der Waals surface area contributed by atoms with Crippen molar-refractivity contribution >= 4 is 39.5 Å². The lowest BCUT2D eigenvalue weighted by Gasteiger charge is -2.21. The van der Waals surface area contributed by atoms with Crippen LogP contribution in [0.3, 0.4) is 0 Å². The third-order valence-electron chi connectivity index (χ3n) is 15.8. The number of aliphatic hydroxyl groups excluding tert-OH is 1. The average Bonchev–Trinajstić information content (AvgIpc) is 3.68. The van der Waals surface area contributed by atoms with Crippen molar-refractivity contribution in [3.63, 3.8) is 0 Å². The van der Waals surface area contributed by atoms with Crippen LogP contribution in [-0.2, 0) is 65.4 Å². The van der Waals surface area contributed by atoms with Crippen LogP contribution < -0.4 is 0 Å². The van der Waals surface area contributed by atoms with E-state index in [9.17, 15) is 43.2 Å². The smallest absolute Gasteiger partial charge is 0.462 e. The molecule has 0 aromatic rings. The van der Waals surface area contributed by atoms with Crippen LogP contribution in [0, 0.1) is 5.92 Å². The lowest BCUT2D eigenvalue weighted by molar-refractivity contribution is -0.161. The molecule has 0 aromatic heterocycles. The molecule has 0 amide bonds. The molecular weight excluding hydrogens is 1160 g/mol. The second-order valence-corrected chi connectivity index (χ2v) is 27.4. The topological polar surface area (TPSA) is 237 Å². The highest BCUT2D eigenvalue weighted by Crippen LogP contribution is 2.45. The average molecular weight is 1290 g/mol. The van der Waals surface area contributed by atoms with Crippen molar-refractivity contribution in [2.45, 2.75) is 348 Å². The molecule has 0 bridgehead atoms. The first kappa shape index (κ1) is 85.5. The SMILES string of the molecule is CCCCCC/C=C\C=C/CCCCCCCC(=O)OC[C@H](COP(=O)(O)OC[C@@H](O)COP(=O)(O)OC[C@@H](COC(=O)CCCCCCC)OC(=O)CCCCCCCCCCC(C)CC)OC(=O)CCCCCCCCCCCCCCCCCC. The highest BCUT2D eigenvalue weighted by molar-refractivity contribution is 7.47. The maximum atomic E-state index is 13.0. The normalized spacial score (nSPS) is 14.6. The summed E-state index contributed by atoms with van der Waals surface area (Å²) in [7, 11) is -9.90. The molecule has 0 aliphatic carbocycles. The van der Waals surface area contributed by atoms with Gasteiger partial charge in [-0.2, -0.15) is 0 Å². The number of hydrogen-bond donors (Lipinski definition) is 3. The minimum atomic E-state index is -4.96. The molecule has 0 spiro atoms. The van der Waals surface area contributed by atoms with Gasteiger partial charge in [0.15, 0.2) is 12.2 Å². The van der Waals surface area contributed by atoms with E-state index >= 15 is 0 Å². The van der Waals surface area contributed by atoms with Gasteiger partial charge >= 0.3 is 39.5 Å². The third-order valence-corrected chi connectivity index (χ3v) is 17.7. The Labute approximate surface area is 535 Å². The second-order valence-electron chi connectivity index (χ2n) is 24.5. The van der Waals surface area contributed by atoms with Gasteiger partial charge in [0, 0.05) is 25.7 Å². The van der Waals surface area contributed by atoms with Crippen molar-refractivity contribution in [2.75, 3.05) is 39.6 Å². The number of hydrogen-bond acceptors (Lipinski definition) is 15. The zero-order chi connectivity index (χ0) is 64.9. The Morgan fingerprint density at radius 2 is 0.636 bits per heavy atom. The number of carbonyl (C=O) groups is 4. The molecule has 3 N–H and O–H groups in total. The fraction of sp³-hybridized carbons (Fsp3) is 0.884. The van der Waals surface area contributed by atoms with E-state index in [1.807, 2.05) is 0 Å². The number of ether oxygens (including phenoxy) is 4. The minimum Gasteiger partial charge on any atom is -0.462 e. The first-order valence-corrected chi connectivity index (χ1v) is 38.5. The zero-order valence-electron chi connectivity index (χ0n) is 56.3. The van der Waals surface area contributed by atoms with Crippen LogP contribution in [0.1, 0.15) is 330 Å². The number of aliphatic hydroxyl groups is 1. The Morgan fingerprint density at radius 1 is 0.364 bits per heavy atom. The number of phosphoric acid groups is 2. The first-order valence-electron chi connectivity index (χ1n) is 35.5. The molecule has 0 rings (SSSR count). The van der Waals surface area contributed by atoms with E-state index in [1.54, 1.807) is 0 Å². The van der Waals surface area contributed by atoms with Crippen LogP contribution in [0.15, 0.2) is 24.3 Å². The molecule has 0 radical (unpaired) electrons. The van der Waals surface area contributed by atoms with Gasteiger partial charge < -0.3 is 33.8 Å². The summed E-state index contributed by atoms with van der Waals surface area (Å²) in [5, 5.41) is 10.5. The Kier molecular flexibility index (Phi) is 60.3. The van der Waals surface area contributed by atoms with Gasteiger partial charge in [0.25, 0.3) is 0 Å². The van der Waals surface area contributed by atoms with E-state index in [0.717, 1.165) is 121 Å². The van der Waals surface area contributed by atoms with Crippen LogP contribution in [0.2, 0.25) is 0 Å². The predicted octanol–water partition coefficient (Wildman–Crippen LogP) is 19.3. The Bertz CT molecular complexity index is 1800. The number of rotatable bonds is 67. The molecule has 0 saturated heterocycles. The molecule has 88 heavy (non-hydrogen) atoms. The summed E-state index contributed by atoms with van der Waals surface area (Å²) in [4.78, 5) is 72.2. The molecule has 0 heterocycles. The maximum absolute atomic E-state index is 13.0. The largest absolute Gasteiger partial charge is 0.472 e. The van der Waals surface area contributed by atoms with E-state index in [2.05, 4.69) is 58.9 Å². The lowest BCUT2D eigenvalue weighted by atomic mass is 9.99. The fourth-order valence-corrected chi connectivity index (χ4v) is 11.5. The van der Waals surface area contributed by atoms with Gasteiger partial charge in [-0.25, -0.2) is 9.13 Å².